The lowest BCUT2D eigenvalue weighted by Gasteiger charge is -2.41. The molecule has 0 spiro atoms. The third-order valence-electron chi connectivity index (χ3n) is 7.00. The molecule has 0 aliphatic carbocycles. The zero-order valence-corrected chi connectivity index (χ0v) is 18.4. The molecule has 2 aliphatic rings. The molecule has 3 aromatic heterocycles. The minimum Gasteiger partial charge on any atom is -0.486 e. The van der Waals surface area contributed by atoms with Gasteiger partial charge in [-0.25, -0.2) is 4.79 Å². The molecule has 7 nitrogen and oxygen atoms in total. The van der Waals surface area contributed by atoms with Gasteiger partial charge in [0.25, 0.3) is 5.56 Å². The molecule has 1 aromatic carbocycles. The van der Waals surface area contributed by atoms with Gasteiger partial charge in [-0.2, -0.15) is 0 Å². The van der Waals surface area contributed by atoms with Crippen molar-refractivity contribution in [2.45, 2.75) is 31.9 Å². The van der Waals surface area contributed by atoms with Crippen LogP contribution < -0.4 is 20.7 Å². The Balaban J connectivity index is 1.74. The Labute approximate surface area is 180 Å². The number of nitrogens with zero attached hydrogens (tertiary/aromatic N) is 3. The van der Waals surface area contributed by atoms with Gasteiger partial charge < -0.3 is 9.30 Å². The molecule has 0 unspecified atom stereocenters. The molecule has 0 amide bonds. The van der Waals surface area contributed by atoms with Gasteiger partial charge in [0.1, 0.15) is 17.0 Å². The van der Waals surface area contributed by atoms with Crippen molar-refractivity contribution in [3.63, 3.8) is 0 Å². The summed E-state index contributed by atoms with van der Waals surface area (Å²) >= 11 is 1.23. The van der Waals surface area contributed by atoms with E-state index in [1.165, 1.54) is 23.0 Å². The number of benzene rings is 1. The number of fused-ring (bicyclic) bond motifs is 9. The summed E-state index contributed by atoms with van der Waals surface area (Å²) in [5.41, 5.74) is 0.968. The van der Waals surface area contributed by atoms with Crippen LogP contribution in [0.5, 0.6) is 5.75 Å². The average Bonchev–Trinajstić information content (AvgIpc) is 3.28. The Morgan fingerprint density at radius 2 is 1.81 bits per heavy atom. The van der Waals surface area contributed by atoms with E-state index in [0.29, 0.717) is 28.9 Å². The molecule has 0 N–H and O–H groups in total. The maximum absolute atomic E-state index is 13.3. The van der Waals surface area contributed by atoms with E-state index < -0.39 is 5.60 Å². The first-order valence-corrected chi connectivity index (χ1v) is 11.1. The lowest BCUT2D eigenvalue weighted by molar-refractivity contribution is 0.0212. The first kappa shape index (κ1) is 18.6. The van der Waals surface area contributed by atoms with Crippen LogP contribution in [0.4, 0.5) is 0 Å². The summed E-state index contributed by atoms with van der Waals surface area (Å²) in [6.45, 7) is 4.68. The van der Waals surface area contributed by atoms with Gasteiger partial charge in [-0.1, -0.05) is 23.5 Å². The summed E-state index contributed by atoms with van der Waals surface area (Å²) in [6, 6.07) is 9.67. The number of rotatable bonds is 0. The molecule has 31 heavy (non-hydrogen) atoms. The Morgan fingerprint density at radius 3 is 2.58 bits per heavy atom. The van der Waals surface area contributed by atoms with Crippen LogP contribution in [0.1, 0.15) is 31.0 Å². The van der Waals surface area contributed by atoms with Crippen molar-refractivity contribution in [3.8, 4) is 5.75 Å². The van der Waals surface area contributed by atoms with Crippen LogP contribution >= 0.6 is 11.3 Å². The zero-order chi connectivity index (χ0) is 21.8. The third kappa shape index (κ3) is 2.20. The summed E-state index contributed by atoms with van der Waals surface area (Å²) in [7, 11) is 3.18. The predicted molar refractivity (Wildman–Crippen MR) is 121 cm³/mol. The average molecular weight is 436 g/mol. The normalized spacial score (nSPS) is 21.0. The standard InChI is InChI=1S/C23H21N3O4S/c1-23(2)13-10-26-14(9-12-19(26)24(3)22(29)25(4)20(12)27)16(13)17-18(30-23)11-7-5-6-8-15(11)31-21(17)28/h5-9,13,16H,10H2,1-4H3/t13-,16-/m1/s1. The fourth-order valence-corrected chi connectivity index (χ4v) is 6.39. The van der Waals surface area contributed by atoms with Crippen LogP contribution in [-0.4, -0.2) is 19.3 Å². The highest BCUT2D eigenvalue weighted by Gasteiger charge is 2.51. The van der Waals surface area contributed by atoms with E-state index in [4.69, 9.17) is 4.74 Å². The van der Waals surface area contributed by atoms with E-state index in [9.17, 15) is 14.4 Å². The fourth-order valence-electron chi connectivity index (χ4n) is 5.44. The highest BCUT2D eigenvalue weighted by Crippen LogP contribution is 2.54. The van der Waals surface area contributed by atoms with E-state index in [-0.39, 0.29) is 27.8 Å². The van der Waals surface area contributed by atoms with Crippen molar-refractivity contribution in [1.29, 1.82) is 0 Å². The van der Waals surface area contributed by atoms with Crippen molar-refractivity contribution >= 4 is 32.5 Å². The van der Waals surface area contributed by atoms with Crippen molar-refractivity contribution in [2.24, 2.45) is 20.0 Å². The second-order valence-corrected chi connectivity index (χ2v) is 10.1. The van der Waals surface area contributed by atoms with E-state index in [2.05, 4.69) is 13.8 Å². The Hall–Kier alpha value is -3.13. The van der Waals surface area contributed by atoms with Gasteiger partial charge in [-0.15, -0.1) is 0 Å². The number of ether oxygens (including phenoxy) is 1. The molecular formula is C23H21N3O4S. The summed E-state index contributed by atoms with van der Waals surface area (Å²) in [4.78, 5) is 38.7. The topological polar surface area (TPSA) is 75.2 Å². The van der Waals surface area contributed by atoms with Crippen LogP contribution in [0.15, 0.2) is 44.7 Å². The second-order valence-electron chi connectivity index (χ2n) is 9.04. The van der Waals surface area contributed by atoms with Crippen molar-refractivity contribution in [3.05, 3.63) is 72.0 Å². The molecule has 4 aromatic rings. The molecule has 0 radical (unpaired) electrons. The molecule has 0 saturated carbocycles. The van der Waals surface area contributed by atoms with Crippen LogP contribution in [0.25, 0.3) is 21.1 Å². The molecule has 6 rings (SSSR count). The van der Waals surface area contributed by atoms with Crippen LogP contribution in [0, 0.1) is 5.92 Å². The van der Waals surface area contributed by atoms with Crippen LogP contribution in [0.2, 0.25) is 0 Å². The quantitative estimate of drug-likeness (QED) is 0.425. The van der Waals surface area contributed by atoms with Gasteiger partial charge >= 0.3 is 5.69 Å². The van der Waals surface area contributed by atoms with Gasteiger partial charge in [0.15, 0.2) is 0 Å². The van der Waals surface area contributed by atoms with Gasteiger partial charge in [-0.05, 0) is 32.0 Å². The van der Waals surface area contributed by atoms with Gasteiger partial charge in [-0.3, -0.25) is 18.7 Å². The number of hydrogen-bond donors (Lipinski definition) is 0. The maximum Gasteiger partial charge on any atom is 0.332 e. The molecule has 2 atom stereocenters. The SMILES string of the molecule is Cn1c(=O)c2cc3n(c2n(C)c1=O)C[C@@H]1[C@H]3c2c(c3ccccc3sc2=O)OC1(C)C. The van der Waals surface area contributed by atoms with E-state index in [0.717, 1.165) is 20.3 Å². The molecule has 5 heterocycles. The molecule has 158 valence electrons. The van der Waals surface area contributed by atoms with Crippen molar-refractivity contribution in [1.82, 2.24) is 13.7 Å². The summed E-state index contributed by atoms with van der Waals surface area (Å²) in [5, 5.41) is 1.44. The van der Waals surface area contributed by atoms with Gasteiger partial charge in [0, 0.05) is 48.3 Å². The van der Waals surface area contributed by atoms with Crippen LogP contribution in [-0.2, 0) is 20.6 Å². The lowest BCUT2D eigenvalue weighted by atomic mass is 9.75. The highest BCUT2D eigenvalue weighted by atomic mass is 32.1. The highest BCUT2D eigenvalue weighted by molar-refractivity contribution is 7.16. The van der Waals surface area contributed by atoms with Crippen LogP contribution in [0.3, 0.4) is 0 Å². The number of aromatic nitrogens is 3. The summed E-state index contributed by atoms with van der Waals surface area (Å²) < 4.78 is 12.1. The molecule has 8 heteroatoms. The molecular weight excluding hydrogens is 414 g/mol. The molecule has 2 aliphatic heterocycles. The first-order chi connectivity index (χ1) is 14.7. The zero-order valence-electron chi connectivity index (χ0n) is 17.6. The lowest BCUT2D eigenvalue weighted by Crippen LogP contribution is -2.45. The van der Waals surface area contributed by atoms with E-state index >= 15 is 0 Å². The first-order valence-electron chi connectivity index (χ1n) is 10.2. The molecule has 0 bridgehead atoms. The Bertz CT molecular complexity index is 1620. The second kappa shape index (κ2) is 5.76. The van der Waals surface area contributed by atoms with Crippen molar-refractivity contribution < 1.29 is 4.74 Å². The van der Waals surface area contributed by atoms with Crippen molar-refractivity contribution in [2.75, 3.05) is 0 Å². The largest absolute Gasteiger partial charge is 0.486 e. The third-order valence-corrected chi connectivity index (χ3v) is 7.98. The molecule has 0 fully saturated rings. The fraction of sp³-hybridized carbons (Fsp3) is 0.348. The minimum atomic E-state index is -0.525. The monoisotopic (exact) mass is 435 g/mol. The number of hydrogen-bond acceptors (Lipinski definition) is 5. The van der Waals surface area contributed by atoms with Gasteiger partial charge in [0.05, 0.1) is 10.9 Å². The van der Waals surface area contributed by atoms with E-state index in [1.54, 1.807) is 7.05 Å². The maximum atomic E-state index is 13.3. The predicted octanol–water partition coefficient (Wildman–Crippen LogP) is 2.55. The smallest absolute Gasteiger partial charge is 0.332 e. The van der Waals surface area contributed by atoms with Gasteiger partial charge in [0.2, 0.25) is 4.74 Å². The van der Waals surface area contributed by atoms with E-state index in [1.807, 2.05) is 34.9 Å². The minimum absolute atomic E-state index is 0.0135. The summed E-state index contributed by atoms with van der Waals surface area (Å²) in [6.07, 6.45) is 0. The molecule has 0 saturated heterocycles. The Kier molecular flexibility index (Phi) is 3.46. The summed E-state index contributed by atoms with van der Waals surface area (Å²) in [5.74, 6) is 0.463. The Morgan fingerprint density at radius 1 is 1.06 bits per heavy atom. The number of aryl methyl sites for hydroxylation is 1.